The molecule has 0 spiro atoms. The first kappa shape index (κ1) is 25.1. The molecule has 2 nitrogen and oxygen atoms in total. The third-order valence-corrected chi connectivity index (χ3v) is 13.1. The third-order valence-electron chi connectivity index (χ3n) is 11.9. The second-order valence-corrected chi connectivity index (χ2v) is 16.5. The molecule has 10 aromatic carbocycles. The molecule has 0 fully saturated rings. The van der Waals surface area contributed by atoms with Gasteiger partial charge in [0.1, 0.15) is 11.2 Å². The maximum atomic E-state index is 9.21. The number of fused-ring (bicyclic) bond motifs is 9. The van der Waals surface area contributed by atoms with E-state index in [1.54, 1.807) is 47.7 Å². The first-order chi connectivity index (χ1) is 36.6. The average molecular weight is 833 g/mol. The number of hydrogen-bond acceptors (Lipinski definition) is 2. The summed E-state index contributed by atoms with van der Waals surface area (Å²) in [6, 6.07) is 41.1. The highest BCUT2D eigenvalue weighted by Crippen LogP contribution is 2.45. The molecule has 0 saturated carbocycles. The van der Waals surface area contributed by atoms with Crippen molar-refractivity contribution in [2.75, 3.05) is 0 Å². The summed E-state index contributed by atoms with van der Waals surface area (Å²) in [7, 11) is 0. The largest absolute Gasteiger partial charge is 0.455 e. The van der Waals surface area contributed by atoms with Crippen LogP contribution in [0.5, 0.6) is 0 Å². The molecule has 0 amide bonds. The van der Waals surface area contributed by atoms with Crippen LogP contribution in [-0.2, 0) is 0 Å². The summed E-state index contributed by atoms with van der Waals surface area (Å²) in [6.45, 7) is 0. The Hall–Kier alpha value is -7.98. The van der Waals surface area contributed by atoms with E-state index >= 15 is 0 Å². The Morgan fingerprint density at radius 1 is 0.381 bits per heavy atom. The van der Waals surface area contributed by atoms with Gasteiger partial charge in [-0.2, -0.15) is 0 Å². The van der Waals surface area contributed by atoms with Crippen LogP contribution in [0.3, 0.4) is 0 Å². The Kier molecular flexibility index (Phi) is 5.69. The molecule has 0 bridgehead atoms. The number of furan rings is 1. The van der Waals surface area contributed by atoms with Gasteiger partial charge in [-0.1, -0.05) is 164 Å². The molecule has 3 heterocycles. The van der Waals surface area contributed by atoms with Gasteiger partial charge in [0.05, 0.1) is 34.5 Å². The van der Waals surface area contributed by atoms with Crippen molar-refractivity contribution in [2.24, 2.45) is 0 Å². The van der Waals surface area contributed by atoms with E-state index in [0.29, 0.717) is 27.9 Å². The second kappa shape index (κ2) is 14.3. The lowest BCUT2D eigenvalue weighted by atomic mass is 9.91. The quantitative estimate of drug-likeness (QED) is 0.163. The summed E-state index contributed by atoms with van der Waals surface area (Å²) in [6.07, 6.45) is 0. The summed E-state index contributed by atoms with van der Waals surface area (Å²) in [5.74, 6) is 0. The highest BCUT2D eigenvalue weighted by Gasteiger charge is 2.19. The van der Waals surface area contributed by atoms with Crippen molar-refractivity contribution in [2.45, 2.75) is 0 Å². The van der Waals surface area contributed by atoms with Crippen LogP contribution in [-0.4, -0.2) is 4.57 Å². The van der Waals surface area contributed by atoms with Crippen molar-refractivity contribution in [1.82, 2.24) is 4.57 Å². The number of rotatable bonds is 6. The minimum Gasteiger partial charge on any atom is -0.455 e. The van der Waals surface area contributed by atoms with Crippen molar-refractivity contribution in [1.29, 1.82) is 0 Å². The summed E-state index contributed by atoms with van der Waals surface area (Å²) >= 11 is 1.70. The average Bonchev–Trinajstić information content (AvgIpc) is 4.27. The molecular formula is C60H37NOS. The van der Waals surface area contributed by atoms with Crippen molar-refractivity contribution in [3.05, 3.63) is 224 Å². The van der Waals surface area contributed by atoms with Gasteiger partial charge in [-0.3, -0.25) is 0 Å². The summed E-state index contributed by atoms with van der Waals surface area (Å²) < 4.78 is 125. The van der Waals surface area contributed by atoms with Crippen molar-refractivity contribution in [3.63, 3.8) is 0 Å². The molecule has 0 aliphatic carbocycles. The first-order valence-corrected chi connectivity index (χ1v) is 21.2. The van der Waals surface area contributed by atoms with Gasteiger partial charge in [-0.15, -0.1) is 11.3 Å². The molecule has 63 heavy (non-hydrogen) atoms. The van der Waals surface area contributed by atoms with E-state index in [0.717, 1.165) is 69.9 Å². The van der Waals surface area contributed by atoms with Crippen LogP contribution in [0.25, 0.3) is 125 Å². The van der Waals surface area contributed by atoms with Gasteiger partial charge in [-0.25, -0.2) is 0 Å². The molecule has 0 saturated heterocycles. The topological polar surface area (TPSA) is 18.1 Å². The van der Waals surface area contributed by atoms with Crippen LogP contribution < -0.4 is 0 Å². The van der Waals surface area contributed by atoms with Crippen molar-refractivity contribution < 1.29 is 22.2 Å². The summed E-state index contributed by atoms with van der Waals surface area (Å²) in [5.41, 5.74) is 8.39. The number of benzene rings is 10. The minimum atomic E-state index is -0.554. The van der Waals surface area contributed by atoms with Gasteiger partial charge in [0.15, 0.2) is 0 Å². The number of nitrogens with zero attached hydrogens (tertiary/aromatic N) is 1. The van der Waals surface area contributed by atoms with Crippen LogP contribution >= 0.6 is 11.3 Å². The predicted octanol–water partition coefficient (Wildman–Crippen LogP) is 17.4. The molecule has 13 aromatic rings. The van der Waals surface area contributed by atoms with Crippen molar-refractivity contribution in [3.8, 4) is 61.3 Å². The highest BCUT2D eigenvalue weighted by molar-refractivity contribution is 7.26. The van der Waals surface area contributed by atoms with Gasteiger partial charge in [0.25, 0.3) is 0 Å². The van der Waals surface area contributed by atoms with Gasteiger partial charge in [0, 0.05) is 52.8 Å². The van der Waals surface area contributed by atoms with E-state index in [-0.39, 0.29) is 27.4 Å². The molecule has 0 unspecified atom stereocenters. The van der Waals surface area contributed by atoms with E-state index < -0.39 is 78.6 Å². The van der Waals surface area contributed by atoms with E-state index in [2.05, 4.69) is 60.7 Å². The molecule has 13 rings (SSSR count). The van der Waals surface area contributed by atoms with Crippen LogP contribution in [0.2, 0.25) is 0 Å². The lowest BCUT2D eigenvalue weighted by Crippen LogP contribution is -1.97. The second-order valence-electron chi connectivity index (χ2n) is 15.5. The number of thiophene rings is 1. The third kappa shape index (κ3) is 5.78. The predicted molar refractivity (Wildman–Crippen MR) is 268 cm³/mol. The maximum absolute atomic E-state index is 9.21. The zero-order chi connectivity index (χ0) is 52.7. The zero-order valence-corrected chi connectivity index (χ0v) is 33.9. The van der Waals surface area contributed by atoms with Gasteiger partial charge < -0.3 is 8.98 Å². The van der Waals surface area contributed by atoms with Gasteiger partial charge in [0.2, 0.25) is 0 Å². The van der Waals surface area contributed by atoms with E-state index in [4.69, 9.17) is 19.5 Å². The lowest BCUT2D eigenvalue weighted by molar-refractivity contribution is 0.670. The summed E-state index contributed by atoms with van der Waals surface area (Å²) in [5, 5.41) is 4.18. The lowest BCUT2D eigenvalue weighted by Gasteiger charge is -2.17. The van der Waals surface area contributed by atoms with Crippen LogP contribution in [0, 0.1) is 0 Å². The molecule has 3 heteroatoms. The summed E-state index contributed by atoms with van der Waals surface area (Å²) in [4.78, 5) is 0. The highest BCUT2D eigenvalue weighted by atomic mass is 32.1. The van der Waals surface area contributed by atoms with Crippen LogP contribution in [0.4, 0.5) is 0 Å². The number of para-hydroxylation sites is 5. The fourth-order valence-corrected chi connectivity index (χ4v) is 10.3. The van der Waals surface area contributed by atoms with E-state index in [1.165, 1.54) is 4.57 Å². The Balaban J connectivity index is 1.01. The molecule has 3 aromatic heterocycles. The Bertz CT molecular complexity index is 4600. The number of hydrogen-bond donors (Lipinski definition) is 0. The van der Waals surface area contributed by atoms with Crippen molar-refractivity contribution >= 4 is 75.3 Å². The van der Waals surface area contributed by atoms with E-state index in [9.17, 15) is 2.74 Å². The molecule has 0 radical (unpaired) electrons. The SMILES string of the molecule is [2H]c1c([2H])c([2H])c(-c2cc(-c3cccc(-c4cccc5c4sc4ccc(-c6cccc7c6oc6ccccc67)cc45)c3)cc(-c3ccccc3-n3c4c([2H])c([2H])c([2H])c([2H])c4c4c([2H])c([2H])c([2H])c([2H])c43)c2)c([2H])c1[2H]. The molecular weight excluding hydrogens is 783 g/mol. The van der Waals surface area contributed by atoms with E-state index in [1.807, 2.05) is 48.5 Å². The first-order valence-electron chi connectivity index (χ1n) is 26.9. The standard InChI is InChI=1S/C60H37NOS/c1-2-15-38(16-3-1)42-34-43(36-44(35-42)45-19-4-8-27-54(45)61-55-28-9-5-20-48(55)49-21-6-10-29-56(49)61)39-17-12-18-40(33-39)47-24-14-26-52-53-37-41(31-32-58(53)63-60(47)52)46-23-13-25-51-50-22-7-11-30-57(50)62-59(46)51/h1-37H/i1D,2D,3D,5D,6D,9D,10D,15D,16D,20D,21D,28D,29D. The van der Waals surface area contributed by atoms with Gasteiger partial charge in [-0.05, 0) is 105 Å². The molecule has 0 N–H and O–H groups in total. The number of aromatic nitrogens is 1. The molecule has 0 aliphatic rings. The normalized spacial score (nSPS) is 14.7. The Labute approximate surface area is 386 Å². The Morgan fingerprint density at radius 3 is 1.83 bits per heavy atom. The molecule has 0 aliphatic heterocycles. The molecule has 294 valence electrons. The molecule has 0 atom stereocenters. The monoisotopic (exact) mass is 832 g/mol. The van der Waals surface area contributed by atoms with Gasteiger partial charge >= 0.3 is 0 Å². The smallest absolute Gasteiger partial charge is 0.143 e. The zero-order valence-electron chi connectivity index (χ0n) is 46.1. The Morgan fingerprint density at radius 2 is 0.984 bits per heavy atom. The van der Waals surface area contributed by atoms with Crippen LogP contribution in [0.15, 0.2) is 229 Å². The van der Waals surface area contributed by atoms with Crippen LogP contribution in [0.1, 0.15) is 17.8 Å². The fourth-order valence-electron chi connectivity index (χ4n) is 9.10. The fraction of sp³-hybridized carbons (Fsp3) is 0. The maximum Gasteiger partial charge on any atom is 0.143 e. The minimum absolute atomic E-state index is 0.0335.